The Labute approximate surface area is 174 Å². The molecular formula is C23H22N4O3. The molecule has 3 N–H and O–H groups in total. The van der Waals surface area contributed by atoms with Crippen LogP contribution in [0.2, 0.25) is 0 Å². The van der Waals surface area contributed by atoms with Crippen molar-refractivity contribution in [1.29, 1.82) is 0 Å². The number of imide groups is 1. The molecule has 2 heterocycles. The molecular weight excluding hydrogens is 380 g/mol. The number of terminal acetylenes is 1. The largest absolute Gasteiger partial charge is 0.327 e. The van der Waals surface area contributed by atoms with Crippen LogP contribution in [-0.2, 0) is 9.59 Å². The first-order valence-electron chi connectivity index (χ1n) is 10.0. The number of aromatic amines is 1. The zero-order chi connectivity index (χ0) is 21.1. The fourth-order valence-electron chi connectivity index (χ4n) is 3.98. The quantitative estimate of drug-likeness (QED) is 0.540. The third kappa shape index (κ3) is 4.18. The lowest BCUT2D eigenvalue weighted by Crippen LogP contribution is -2.37. The molecule has 1 aliphatic heterocycles. The summed E-state index contributed by atoms with van der Waals surface area (Å²) >= 11 is 0. The molecule has 0 bridgehead atoms. The Morgan fingerprint density at radius 1 is 1.20 bits per heavy atom. The topological polar surface area (TPSA) is 104 Å². The second-order valence-corrected chi connectivity index (χ2v) is 7.60. The highest BCUT2D eigenvalue weighted by atomic mass is 16.2. The Bertz CT molecular complexity index is 1070. The van der Waals surface area contributed by atoms with Gasteiger partial charge in [-0.3, -0.25) is 19.7 Å². The maximum atomic E-state index is 12.7. The second-order valence-electron chi connectivity index (χ2n) is 7.60. The summed E-state index contributed by atoms with van der Waals surface area (Å²) in [6.07, 6.45) is 13.6. The smallest absolute Gasteiger partial charge is 0.291 e. The van der Waals surface area contributed by atoms with Crippen molar-refractivity contribution in [1.82, 2.24) is 15.3 Å². The molecule has 0 spiro atoms. The summed E-state index contributed by atoms with van der Waals surface area (Å²) in [4.78, 5) is 43.1. The lowest BCUT2D eigenvalue weighted by Gasteiger charge is -2.24. The van der Waals surface area contributed by atoms with E-state index in [1.54, 1.807) is 0 Å². The van der Waals surface area contributed by atoms with Crippen LogP contribution in [0.1, 0.15) is 71.9 Å². The average Bonchev–Trinajstić information content (AvgIpc) is 3.23. The van der Waals surface area contributed by atoms with Crippen LogP contribution in [0.25, 0.3) is 5.57 Å². The highest BCUT2D eigenvalue weighted by Crippen LogP contribution is 2.36. The summed E-state index contributed by atoms with van der Waals surface area (Å²) in [6, 6.07) is 5.70. The molecule has 30 heavy (non-hydrogen) atoms. The normalized spacial score (nSPS) is 17.1. The first kappa shape index (κ1) is 19.6. The van der Waals surface area contributed by atoms with Gasteiger partial charge >= 0.3 is 0 Å². The van der Waals surface area contributed by atoms with Gasteiger partial charge in [0.15, 0.2) is 5.82 Å². The number of amides is 3. The number of H-pyrrole nitrogens is 1. The minimum absolute atomic E-state index is 0.144. The van der Waals surface area contributed by atoms with Gasteiger partial charge in [-0.15, -0.1) is 6.42 Å². The highest BCUT2D eigenvalue weighted by Gasteiger charge is 2.27. The van der Waals surface area contributed by atoms with E-state index in [0.717, 1.165) is 42.4 Å². The Hall–Kier alpha value is -3.66. The number of benzene rings is 1. The average molecular weight is 402 g/mol. The SMILES string of the molecule is C#Cc1cnc(C(=O)Nc2ccc(C3CC(=O)NC(=O)C3)cc2C2=CCCCC2)[nH]1. The van der Waals surface area contributed by atoms with Crippen molar-refractivity contribution < 1.29 is 14.4 Å². The molecule has 1 aromatic heterocycles. The summed E-state index contributed by atoms with van der Waals surface area (Å²) < 4.78 is 0. The maximum Gasteiger partial charge on any atom is 0.291 e. The number of carbonyl (C=O) groups excluding carboxylic acids is 3. The first-order chi connectivity index (χ1) is 14.5. The van der Waals surface area contributed by atoms with Gasteiger partial charge in [0.05, 0.1) is 6.20 Å². The molecule has 0 atom stereocenters. The fraction of sp³-hybridized carbons (Fsp3) is 0.304. The van der Waals surface area contributed by atoms with Gasteiger partial charge in [0.25, 0.3) is 5.91 Å². The lowest BCUT2D eigenvalue weighted by molar-refractivity contribution is -0.133. The number of nitrogens with zero attached hydrogens (tertiary/aromatic N) is 1. The van der Waals surface area contributed by atoms with Gasteiger partial charge in [-0.25, -0.2) is 4.98 Å². The van der Waals surface area contributed by atoms with Crippen molar-refractivity contribution in [3.8, 4) is 12.3 Å². The van der Waals surface area contributed by atoms with Crippen molar-refractivity contribution in [3.05, 3.63) is 53.1 Å². The highest BCUT2D eigenvalue weighted by molar-refractivity contribution is 6.03. The summed E-state index contributed by atoms with van der Waals surface area (Å²) in [5, 5.41) is 5.27. The van der Waals surface area contributed by atoms with E-state index >= 15 is 0 Å². The van der Waals surface area contributed by atoms with E-state index < -0.39 is 0 Å². The third-order valence-corrected chi connectivity index (χ3v) is 5.49. The number of nitrogens with one attached hydrogen (secondary N) is 3. The Kier molecular flexibility index (Phi) is 5.48. The van der Waals surface area contributed by atoms with E-state index in [-0.39, 0.29) is 42.3 Å². The van der Waals surface area contributed by atoms with E-state index in [1.165, 1.54) is 6.20 Å². The molecule has 1 saturated heterocycles. The summed E-state index contributed by atoms with van der Waals surface area (Å²) in [6.45, 7) is 0. The summed E-state index contributed by atoms with van der Waals surface area (Å²) in [5.41, 5.74) is 4.11. The van der Waals surface area contributed by atoms with E-state index in [9.17, 15) is 14.4 Å². The monoisotopic (exact) mass is 402 g/mol. The van der Waals surface area contributed by atoms with Crippen LogP contribution >= 0.6 is 0 Å². The van der Waals surface area contributed by atoms with Gasteiger partial charge in [0.2, 0.25) is 11.8 Å². The Morgan fingerprint density at radius 2 is 2.00 bits per heavy atom. The van der Waals surface area contributed by atoms with E-state index in [2.05, 4.69) is 32.6 Å². The Balaban J connectivity index is 1.66. The van der Waals surface area contributed by atoms with Crippen LogP contribution in [0.15, 0.2) is 30.5 Å². The molecule has 1 fully saturated rings. The standard InChI is InChI=1S/C23H22N4O3/c1-2-17-13-24-22(25-17)23(30)26-19-9-8-15(16-11-20(28)27-21(29)12-16)10-18(19)14-6-4-3-5-7-14/h1,6,8-10,13,16H,3-5,7,11-12H2,(H,24,25)(H,26,30)(H,27,28,29). The number of carbonyl (C=O) groups is 3. The molecule has 1 aliphatic carbocycles. The maximum absolute atomic E-state index is 12.7. The van der Waals surface area contributed by atoms with E-state index in [0.29, 0.717) is 11.4 Å². The van der Waals surface area contributed by atoms with Crippen molar-refractivity contribution >= 4 is 29.0 Å². The van der Waals surface area contributed by atoms with Gasteiger partial charge in [0, 0.05) is 30.0 Å². The molecule has 0 unspecified atom stereocenters. The van der Waals surface area contributed by atoms with Crippen LogP contribution in [-0.4, -0.2) is 27.7 Å². The van der Waals surface area contributed by atoms with Crippen LogP contribution in [0.3, 0.4) is 0 Å². The zero-order valence-corrected chi connectivity index (χ0v) is 16.5. The zero-order valence-electron chi connectivity index (χ0n) is 16.5. The number of imidazole rings is 1. The first-order valence-corrected chi connectivity index (χ1v) is 10.0. The van der Waals surface area contributed by atoms with Crippen molar-refractivity contribution in [2.45, 2.75) is 44.4 Å². The van der Waals surface area contributed by atoms with Gasteiger partial charge in [-0.05, 0) is 49.0 Å². The minimum atomic E-state index is -0.380. The number of aromatic nitrogens is 2. The summed E-state index contributed by atoms with van der Waals surface area (Å²) in [5.74, 6) is 1.50. The molecule has 1 aromatic carbocycles. The molecule has 7 heteroatoms. The molecule has 2 aromatic rings. The van der Waals surface area contributed by atoms with Crippen molar-refractivity contribution in [2.75, 3.05) is 5.32 Å². The number of rotatable bonds is 4. The second kappa shape index (κ2) is 8.37. The van der Waals surface area contributed by atoms with E-state index in [4.69, 9.17) is 6.42 Å². The number of anilines is 1. The number of allylic oxidation sites excluding steroid dienone is 2. The van der Waals surface area contributed by atoms with Crippen LogP contribution < -0.4 is 10.6 Å². The van der Waals surface area contributed by atoms with Crippen LogP contribution in [0.5, 0.6) is 0 Å². The van der Waals surface area contributed by atoms with Crippen molar-refractivity contribution in [2.24, 2.45) is 0 Å². The van der Waals surface area contributed by atoms with Crippen LogP contribution in [0, 0.1) is 12.3 Å². The van der Waals surface area contributed by atoms with Crippen molar-refractivity contribution in [3.63, 3.8) is 0 Å². The minimum Gasteiger partial charge on any atom is -0.327 e. The Morgan fingerprint density at radius 3 is 2.67 bits per heavy atom. The van der Waals surface area contributed by atoms with Gasteiger partial charge < -0.3 is 10.3 Å². The fourth-order valence-corrected chi connectivity index (χ4v) is 3.98. The molecule has 2 aliphatic rings. The summed E-state index contributed by atoms with van der Waals surface area (Å²) in [7, 11) is 0. The van der Waals surface area contributed by atoms with Crippen LogP contribution in [0.4, 0.5) is 5.69 Å². The molecule has 0 saturated carbocycles. The lowest BCUT2D eigenvalue weighted by atomic mass is 9.85. The van der Waals surface area contributed by atoms with E-state index in [1.807, 2.05) is 18.2 Å². The molecule has 0 radical (unpaired) electrons. The molecule has 7 nitrogen and oxygen atoms in total. The van der Waals surface area contributed by atoms with Gasteiger partial charge in [-0.1, -0.05) is 18.1 Å². The molecule has 3 amide bonds. The molecule has 152 valence electrons. The van der Waals surface area contributed by atoms with Gasteiger partial charge in [-0.2, -0.15) is 0 Å². The predicted octanol–water partition coefficient (Wildman–Crippen LogP) is 3.12. The number of hydrogen-bond acceptors (Lipinski definition) is 4. The molecule has 4 rings (SSSR count). The predicted molar refractivity (Wildman–Crippen MR) is 112 cm³/mol. The third-order valence-electron chi connectivity index (χ3n) is 5.49. The number of piperidine rings is 1. The number of hydrogen-bond donors (Lipinski definition) is 3. The van der Waals surface area contributed by atoms with Gasteiger partial charge in [0.1, 0.15) is 5.69 Å².